The molecule has 4 aromatic rings. The molecule has 2 heterocycles. The molecule has 0 radical (unpaired) electrons. The van der Waals surface area contributed by atoms with Gasteiger partial charge in [-0.1, -0.05) is 46.6 Å². The Balaban J connectivity index is 1.56. The van der Waals surface area contributed by atoms with E-state index >= 15 is 0 Å². The number of ether oxygens (including phenoxy) is 1. The molecule has 0 saturated heterocycles. The van der Waals surface area contributed by atoms with E-state index in [0.29, 0.717) is 45.0 Å². The molecule has 9 heteroatoms. The average molecular weight is 471 g/mol. The van der Waals surface area contributed by atoms with E-state index in [9.17, 15) is 4.79 Å². The molecule has 0 bridgehead atoms. The number of amides is 1. The fraction of sp³-hybridized carbons (Fsp3) is 0.174. The van der Waals surface area contributed by atoms with E-state index in [1.807, 2.05) is 38.1 Å². The van der Waals surface area contributed by atoms with E-state index in [2.05, 4.69) is 15.6 Å². The zero-order valence-corrected chi connectivity index (χ0v) is 19.2. The van der Waals surface area contributed by atoms with E-state index in [1.54, 1.807) is 36.1 Å². The molecule has 7 nitrogen and oxygen atoms in total. The number of hydrogen-bond donors (Lipinski definition) is 1. The van der Waals surface area contributed by atoms with Crippen LogP contribution in [0.2, 0.25) is 10.0 Å². The highest BCUT2D eigenvalue weighted by Gasteiger charge is 2.20. The van der Waals surface area contributed by atoms with Crippen LogP contribution >= 0.6 is 23.2 Å². The summed E-state index contributed by atoms with van der Waals surface area (Å²) in [5, 5.41) is 12.4. The van der Waals surface area contributed by atoms with Crippen LogP contribution in [0, 0.1) is 13.8 Å². The molecule has 2 aromatic carbocycles. The molecular formula is C23H20Cl2N4O3. The van der Waals surface area contributed by atoms with Gasteiger partial charge in [-0.05, 0) is 38.1 Å². The Morgan fingerprint density at radius 3 is 2.56 bits per heavy atom. The Hall–Kier alpha value is -3.29. The number of methoxy groups -OCH3 is 1. The summed E-state index contributed by atoms with van der Waals surface area (Å²) in [6.07, 6.45) is 0. The molecule has 0 aliphatic heterocycles. The molecular weight excluding hydrogens is 451 g/mol. The number of halogens is 2. The van der Waals surface area contributed by atoms with Crippen molar-refractivity contribution >= 4 is 34.8 Å². The van der Waals surface area contributed by atoms with Crippen LogP contribution < -0.4 is 10.1 Å². The van der Waals surface area contributed by atoms with Crippen LogP contribution in [0.15, 0.2) is 53.1 Å². The van der Waals surface area contributed by atoms with E-state index in [4.69, 9.17) is 32.5 Å². The summed E-state index contributed by atoms with van der Waals surface area (Å²) >= 11 is 12.6. The second kappa shape index (κ2) is 9.06. The highest BCUT2D eigenvalue weighted by atomic mass is 35.5. The van der Waals surface area contributed by atoms with Crippen LogP contribution in [0.25, 0.3) is 11.3 Å². The maximum absolute atomic E-state index is 12.8. The monoisotopic (exact) mass is 470 g/mol. The summed E-state index contributed by atoms with van der Waals surface area (Å²) < 4.78 is 12.5. The quantitative estimate of drug-likeness (QED) is 0.386. The zero-order valence-electron chi connectivity index (χ0n) is 17.6. The third kappa shape index (κ3) is 4.22. The molecule has 0 unspecified atom stereocenters. The molecule has 4 rings (SSSR count). The smallest absolute Gasteiger partial charge is 0.277 e. The number of carbonyl (C=O) groups excluding carboxylic acids is 1. The standard InChI is InChI=1S/C23H20Cl2N4O3/c1-13-22(14(2)29(27-13)12-16-17(24)8-6-9-18(16)25)26-23(30)19-11-21(32-28-19)15-7-4-5-10-20(15)31-3/h4-11H,12H2,1-3H3,(H,26,30). The Labute approximate surface area is 194 Å². The number of hydrogen-bond acceptors (Lipinski definition) is 5. The zero-order chi connectivity index (χ0) is 22.8. The van der Waals surface area contributed by atoms with Crippen LogP contribution in [0.3, 0.4) is 0 Å². The number of nitrogens with zero attached hydrogens (tertiary/aromatic N) is 3. The lowest BCUT2D eigenvalue weighted by Crippen LogP contribution is -2.13. The van der Waals surface area contributed by atoms with Crippen molar-refractivity contribution in [1.29, 1.82) is 0 Å². The fourth-order valence-corrected chi connectivity index (χ4v) is 3.92. The molecule has 0 fully saturated rings. The third-order valence-electron chi connectivity index (χ3n) is 5.10. The largest absolute Gasteiger partial charge is 0.496 e. The van der Waals surface area contributed by atoms with Crippen LogP contribution in [-0.2, 0) is 6.54 Å². The third-order valence-corrected chi connectivity index (χ3v) is 5.81. The maximum Gasteiger partial charge on any atom is 0.277 e. The van der Waals surface area contributed by atoms with Crippen molar-refractivity contribution in [2.45, 2.75) is 20.4 Å². The van der Waals surface area contributed by atoms with Crippen molar-refractivity contribution in [1.82, 2.24) is 14.9 Å². The van der Waals surface area contributed by atoms with Gasteiger partial charge in [0.25, 0.3) is 5.91 Å². The van der Waals surface area contributed by atoms with E-state index in [1.165, 1.54) is 0 Å². The lowest BCUT2D eigenvalue weighted by atomic mass is 10.1. The van der Waals surface area contributed by atoms with Gasteiger partial charge in [0.15, 0.2) is 11.5 Å². The number of rotatable bonds is 6. The average Bonchev–Trinajstić information content (AvgIpc) is 3.37. The summed E-state index contributed by atoms with van der Waals surface area (Å²) in [4.78, 5) is 12.8. The molecule has 1 N–H and O–H groups in total. The Morgan fingerprint density at radius 1 is 1.12 bits per heavy atom. The maximum atomic E-state index is 12.8. The first-order valence-electron chi connectivity index (χ1n) is 9.77. The summed E-state index contributed by atoms with van der Waals surface area (Å²) in [5.41, 5.74) is 3.63. The van der Waals surface area contributed by atoms with E-state index < -0.39 is 5.91 Å². The topological polar surface area (TPSA) is 82.2 Å². The van der Waals surface area contributed by atoms with Crippen LogP contribution in [0.5, 0.6) is 5.75 Å². The van der Waals surface area contributed by atoms with Gasteiger partial charge in [0.05, 0.1) is 36.3 Å². The van der Waals surface area contributed by atoms with Gasteiger partial charge in [0.2, 0.25) is 0 Å². The van der Waals surface area contributed by atoms with Gasteiger partial charge in [-0.25, -0.2) is 0 Å². The Bertz CT molecular complexity index is 1280. The summed E-state index contributed by atoms with van der Waals surface area (Å²) in [5.74, 6) is 0.656. The van der Waals surface area contributed by atoms with Gasteiger partial charge in [0, 0.05) is 21.7 Å². The SMILES string of the molecule is COc1ccccc1-c1cc(C(=O)Nc2c(C)nn(Cc3c(Cl)cccc3Cl)c2C)no1. The van der Waals surface area contributed by atoms with E-state index in [0.717, 1.165) is 11.3 Å². The predicted octanol–water partition coefficient (Wildman–Crippen LogP) is 5.77. The normalized spacial score (nSPS) is 10.9. The molecule has 32 heavy (non-hydrogen) atoms. The lowest BCUT2D eigenvalue weighted by Gasteiger charge is -2.09. The minimum atomic E-state index is -0.406. The number of anilines is 1. The number of carbonyl (C=O) groups is 1. The predicted molar refractivity (Wildman–Crippen MR) is 124 cm³/mol. The van der Waals surface area contributed by atoms with Crippen molar-refractivity contribution in [2.24, 2.45) is 0 Å². The summed E-state index contributed by atoms with van der Waals surface area (Å²) in [7, 11) is 1.57. The van der Waals surface area contributed by atoms with Crippen molar-refractivity contribution in [2.75, 3.05) is 12.4 Å². The number of aromatic nitrogens is 3. The van der Waals surface area contributed by atoms with Gasteiger partial charge < -0.3 is 14.6 Å². The minimum absolute atomic E-state index is 0.145. The lowest BCUT2D eigenvalue weighted by molar-refractivity contribution is 0.101. The number of aryl methyl sites for hydroxylation is 1. The Morgan fingerprint density at radius 2 is 1.84 bits per heavy atom. The molecule has 0 saturated carbocycles. The second-order valence-corrected chi connectivity index (χ2v) is 7.95. The molecule has 0 atom stereocenters. The van der Waals surface area contributed by atoms with Crippen molar-refractivity contribution in [3.05, 3.63) is 81.2 Å². The number of nitrogens with one attached hydrogen (secondary N) is 1. The van der Waals surface area contributed by atoms with Crippen LogP contribution in [0.4, 0.5) is 5.69 Å². The summed E-state index contributed by atoms with van der Waals surface area (Å²) in [6.45, 7) is 4.06. The number of benzene rings is 2. The van der Waals surface area contributed by atoms with Gasteiger partial charge in [0.1, 0.15) is 5.75 Å². The van der Waals surface area contributed by atoms with Gasteiger partial charge in [-0.15, -0.1) is 0 Å². The number of para-hydroxylation sites is 1. The highest BCUT2D eigenvalue weighted by molar-refractivity contribution is 6.36. The van der Waals surface area contributed by atoms with Crippen molar-refractivity contribution in [3.8, 4) is 17.1 Å². The van der Waals surface area contributed by atoms with Crippen molar-refractivity contribution < 1.29 is 14.1 Å². The molecule has 0 aliphatic carbocycles. The van der Waals surface area contributed by atoms with Gasteiger partial charge in [-0.2, -0.15) is 5.10 Å². The molecule has 164 valence electrons. The molecule has 0 spiro atoms. The minimum Gasteiger partial charge on any atom is -0.496 e. The van der Waals surface area contributed by atoms with Gasteiger partial charge in [-0.3, -0.25) is 9.48 Å². The fourth-order valence-electron chi connectivity index (χ4n) is 3.40. The van der Waals surface area contributed by atoms with Crippen molar-refractivity contribution in [3.63, 3.8) is 0 Å². The molecule has 1 amide bonds. The first kappa shape index (κ1) is 21.9. The Kier molecular flexibility index (Phi) is 6.21. The molecule has 2 aromatic heterocycles. The summed E-state index contributed by atoms with van der Waals surface area (Å²) in [6, 6.07) is 14.3. The highest BCUT2D eigenvalue weighted by Crippen LogP contribution is 2.31. The van der Waals surface area contributed by atoms with Crippen LogP contribution in [0.1, 0.15) is 27.4 Å². The first-order valence-corrected chi connectivity index (χ1v) is 10.5. The van der Waals surface area contributed by atoms with Crippen LogP contribution in [-0.4, -0.2) is 28.0 Å². The first-order chi connectivity index (χ1) is 15.4. The second-order valence-electron chi connectivity index (χ2n) is 7.13. The van der Waals surface area contributed by atoms with Gasteiger partial charge >= 0.3 is 0 Å². The molecule has 0 aliphatic rings. The van der Waals surface area contributed by atoms with E-state index in [-0.39, 0.29) is 5.69 Å².